The number of hydrogen-bond acceptors (Lipinski definition) is 1. The number of aliphatic hydroxyl groups excluding tert-OH is 1. The van der Waals surface area contributed by atoms with Crippen LogP contribution >= 0.6 is 15.9 Å². The van der Waals surface area contributed by atoms with E-state index in [9.17, 15) is 5.11 Å². The second kappa shape index (κ2) is 4.71. The lowest BCUT2D eigenvalue weighted by molar-refractivity contribution is 0.349. The molecule has 2 aliphatic rings. The number of fused-ring (bicyclic) bond motifs is 2. The largest absolute Gasteiger partial charge is 0.392 e. The lowest BCUT2D eigenvalue weighted by atomic mass is 9.89. The summed E-state index contributed by atoms with van der Waals surface area (Å²) in [7, 11) is 0. The molecule has 0 aromatic heterocycles. The van der Waals surface area contributed by atoms with E-state index >= 15 is 0 Å². The zero-order valence-corrected chi connectivity index (χ0v) is 11.4. The molecule has 2 aliphatic carbocycles. The quantitative estimate of drug-likeness (QED) is 0.833. The van der Waals surface area contributed by atoms with E-state index < -0.39 is 0 Å². The topological polar surface area (TPSA) is 20.2 Å². The van der Waals surface area contributed by atoms with E-state index in [-0.39, 0.29) is 12.5 Å². The molecule has 0 radical (unpaired) electrons. The highest BCUT2D eigenvalue weighted by Gasteiger charge is 2.20. The number of halogens is 1. The van der Waals surface area contributed by atoms with E-state index in [1.807, 2.05) is 12.1 Å². The number of rotatable bonds is 1. The highest BCUT2D eigenvalue weighted by Crippen LogP contribution is 2.36. The fraction of sp³-hybridized carbons (Fsp3) is 0.125. The van der Waals surface area contributed by atoms with Crippen LogP contribution in [0.25, 0.3) is 11.6 Å². The van der Waals surface area contributed by atoms with Gasteiger partial charge in [0.15, 0.2) is 0 Å². The molecule has 0 fully saturated rings. The average Bonchev–Trinajstić information content (AvgIpc) is 2.54. The van der Waals surface area contributed by atoms with Gasteiger partial charge >= 0.3 is 0 Å². The molecular weight excluding hydrogens is 288 g/mol. The first-order valence-electron chi connectivity index (χ1n) is 5.96. The molecule has 18 heavy (non-hydrogen) atoms. The van der Waals surface area contributed by atoms with Crippen LogP contribution in [0.5, 0.6) is 0 Å². The molecule has 1 aromatic rings. The lowest BCUT2D eigenvalue weighted by Crippen LogP contribution is -2.04. The number of aliphatic hydroxyl groups is 1. The van der Waals surface area contributed by atoms with Gasteiger partial charge in [0, 0.05) is 10.4 Å². The van der Waals surface area contributed by atoms with E-state index in [0.717, 1.165) is 15.6 Å². The molecule has 1 aromatic carbocycles. The molecule has 3 rings (SSSR count). The predicted octanol–water partition coefficient (Wildman–Crippen LogP) is 3.92. The van der Waals surface area contributed by atoms with E-state index in [2.05, 4.69) is 58.4 Å². The second-order valence-corrected chi connectivity index (χ2v) is 5.37. The Morgan fingerprint density at radius 1 is 1.11 bits per heavy atom. The monoisotopic (exact) mass is 300 g/mol. The van der Waals surface area contributed by atoms with Crippen molar-refractivity contribution in [3.05, 3.63) is 69.8 Å². The maximum atomic E-state index is 9.73. The average molecular weight is 301 g/mol. The zero-order valence-electron chi connectivity index (χ0n) is 9.81. The number of benzene rings is 1. The van der Waals surface area contributed by atoms with Crippen molar-refractivity contribution in [2.45, 2.75) is 0 Å². The summed E-state index contributed by atoms with van der Waals surface area (Å²) in [5, 5.41) is 9.73. The number of allylic oxidation sites excluding steroid dienone is 6. The highest BCUT2D eigenvalue weighted by atomic mass is 79.9. The Kier molecular flexibility index (Phi) is 3.06. The summed E-state index contributed by atoms with van der Waals surface area (Å²) in [6.07, 6.45) is 10.6. The van der Waals surface area contributed by atoms with Crippen molar-refractivity contribution in [3.63, 3.8) is 0 Å². The van der Waals surface area contributed by atoms with E-state index in [0.29, 0.717) is 0 Å². The SMILES string of the molecule is OCC1=C2C=C(Br)C=CC2C=Cc2ccccc21. The van der Waals surface area contributed by atoms with Crippen LogP contribution in [0.15, 0.2) is 58.6 Å². The molecule has 2 heteroatoms. The minimum absolute atomic E-state index is 0.0646. The third kappa shape index (κ3) is 1.92. The molecule has 1 nitrogen and oxygen atoms in total. The molecule has 0 bridgehead atoms. The Bertz CT molecular complexity index is 605. The minimum atomic E-state index is 0.0646. The molecule has 1 N–H and O–H groups in total. The molecule has 0 saturated carbocycles. The van der Waals surface area contributed by atoms with Gasteiger partial charge in [-0.3, -0.25) is 0 Å². The van der Waals surface area contributed by atoms with Gasteiger partial charge in [0.2, 0.25) is 0 Å². The van der Waals surface area contributed by atoms with Crippen molar-refractivity contribution in [3.8, 4) is 0 Å². The smallest absolute Gasteiger partial charge is 0.0690 e. The molecule has 0 heterocycles. The predicted molar refractivity (Wildman–Crippen MR) is 79.1 cm³/mol. The van der Waals surface area contributed by atoms with Gasteiger partial charge in [-0.1, -0.05) is 64.5 Å². The maximum Gasteiger partial charge on any atom is 0.0690 e. The van der Waals surface area contributed by atoms with E-state index in [1.165, 1.54) is 11.1 Å². The van der Waals surface area contributed by atoms with Gasteiger partial charge in [-0.15, -0.1) is 0 Å². The van der Waals surface area contributed by atoms with E-state index in [4.69, 9.17) is 0 Å². The molecule has 0 amide bonds. The normalized spacial score (nSPS) is 21.2. The van der Waals surface area contributed by atoms with Crippen molar-refractivity contribution in [2.24, 2.45) is 5.92 Å². The first-order chi connectivity index (χ1) is 8.79. The Balaban J connectivity index is 2.27. The summed E-state index contributed by atoms with van der Waals surface area (Å²) in [6.45, 7) is 0.0646. The van der Waals surface area contributed by atoms with Gasteiger partial charge in [-0.05, 0) is 28.3 Å². The van der Waals surface area contributed by atoms with Gasteiger partial charge < -0.3 is 5.11 Å². The second-order valence-electron chi connectivity index (χ2n) is 4.45. The van der Waals surface area contributed by atoms with E-state index in [1.54, 1.807) is 0 Å². The molecule has 90 valence electrons. The van der Waals surface area contributed by atoms with Crippen LogP contribution < -0.4 is 0 Å². The standard InChI is InChI=1S/C16H13BrO/c17-13-8-7-12-6-5-11-3-1-2-4-14(11)16(10-18)15(12)9-13/h1-9,12,18H,10H2. The van der Waals surface area contributed by atoms with Crippen LogP contribution in [0, 0.1) is 5.92 Å². The van der Waals surface area contributed by atoms with Gasteiger partial charge in [-0.2, -0.15) is 0 Å². The first-order valence-corrected chi connectivity index (χ1v) is 6.76. The fourth-order valence-corrected chi connectivity index (χ4v) is 2.90. The summed E-state index contributed by atoms with van der Waals surface area (Å²) in [5.74, 6) is 0.251. The van der Waals surface area contributed by atoms with Crippen molar-refractivity contribution in [2.75, 3.05) is 6.61 Å². The van der Waals surface area contributed by atoms with Crippen LogP contribution in [0.2, 0.25) is 0 Å². The van der Waals surface area contributed by atoms with Crippen LogP contribution in [0.1, 0.15) is 11.1 Å². The third-order valence-electron chi connectivity index (χ3n) is 3.39. The number of hydrogen-bond donors (Lipinski definition) is 1. The summed E-state index contributed by atoms with van der Waals surface area (Å²) in [6, 6.07) is 8.20. The maximum absolute atomic E-state index is 9.73. The van der Waals surface area contributed by atoms with Crippen LogP contribution in [-0.4, -0.2) is 11.7 Å². The van der Waals surface area contributed by atoms with Crippen molar-refractivity contribution >= 4 is 27.6 Å². The summed E-state index contributed by atoms with van der Waals surface area (Å²) in [5.41, 5.74) is 4.48. The van der Waals surface area contributed by atoms with Gasteiger partial charge in [0.25, 0.3) is 0 Å². The van der Waals surface area contributed by atoms with Crippen LogP contribution in [0.3, 0.4) is 0 Å². The van der Waals surface area contributed by atoms with Gasteiger partial charge in [0.05, 0.1) is 6.61 Å². The molecular formula is C16H13BrO. The fourth-order valence-electron chi connectivity index (χ4n) is 2.50. The van der Waals surface area contributed by atoms with Gasteiger partial charge in [-0.25, -0.2) is 0 Å². The summed E-state index contributed by atoms with van der Waals surface area (Å²) < 4.78 is 1.05. The zero-order chi connectivity index (χ0) is 12.5. The molecule has 1 unspecified atom stereocenters. The lowest BCUT2D eigenvalue weighted by Gasteiger charge is -2.18. The molecule has 0 spiro atoms. The van der Waals surface area contributed by atoms with Crippen molar-refractivity contribution in [1.29, 1.82) is 0 Å². The van der Waals surface area contributed by atoms with Crippen molar-refractivity contribution < 1.29 is 5.11 Å². The van der Waals surface area contributed by atoms with Crippen LogP contribution in [0.4, 0.5) is 0 Å². The third-order valence-corrected chi connectivity index (χ3v) is 3.88. The minimum Gasteiger partial charge on any atom is -0.392 e. The van der Waals surface area contributed by atoms with Crippen LogP contribution in [-0.2, 0) is 0 Å². The summed E-state index contributed by atoms with van der Waals surface area (Å²) in [4.78, 5) is 0. The van der Waals surface area contributed by atoms with Gasteiger partial charge in [0.1, 0.15) is 0 Å². The molecule has 0 saturated heterocycles. The first kappa shape index (κ1) is 11.7. The molecule has 1 atom stereocenters. The molecule has 0 aliphatic heterocycles. The highest BCUT2D eigenvalue weighted by molar-refractivity contribution is 9.11. The Morgan fingerprint density at radius 3 is 2.72 bits per heavy atom. The summed E-state index contributed by atoms with van der Waals surface area (Å²) >= 11 is 3.51. The Hall–Kier alpha value is -1.38. The Morgan fingerprint density at radius 2 is 1.89 bits per heavy atom. The van der Waals surface area contributed by atoms with Crippen molar-refractivity contribution in [1.82, 2.24) is 0 Å². The Labute approximate surface area is 115 Å².